The van der Waals surface area contributed by atoms with Gasteiger partial charge in [-0.25, -0.2) is 4.39 Å². The van der Waals surface area contributed by atoms with Crippen LogP contribution in [0.15, 0.2) is 36.4 Å². The smallest absolute Gasteiger partial charge is 0.255 e. The molecule has 4 aliphatic heterocycles. The second kappa shape index (κ2) is 10.6. The van der Waals surface area contributed by atoms with Crippen molar-refractivity contribution in [1.29, 1.82) is 0 Å². The number of carbonyl (C=O) groups is 3. The number of anilines is 2. The van der Waals surface area contributed by atoms with Crippen LogP contribution in [0.5, 0.6) is 0 Å². The van der Waals surface area contributed by atoms with Crippen molar-refractivity contribution >= 4 is 29.1 Å². The van der Waals surface area contributed by atoms with Crippen LogP contribution in [0.1, 0.15) is 47.2 Å². The van der Waals surface area contributed by atoms with Gasteiger partial charge in [-0.1, -0.05) is 6.07 Å². The quantitative estimate of drug-likeness (QED) is 0.596. The molecule has 0 unspecified atom stereocenters. The first-order chi connectivity index (χ1) is 18.9. The van der Waals surface area contributed by atoms with E-state index in [1.165, 1.54) is 0 Å². The second-order valence-corrected chi connectivity index (χ2v) is 11.4. The van der Waals surface area contributed by atoms with E-state index in [2.05, 4.69) is 26.1 Å². The summed E-state index contributed by atoms with van der Waals surface area (Å²) < 4.78 is 14.4. The van der Waals surface area contributed by atoms with Crippen LogP contribution in [0, 0.1) is 18.7 Å². The summed E-state index contributed by atoms with van der Waals surface area (Å²) in [5.41, 5.74) is 4.39. The van der Waals surface area contributed by atoms with Crippen molar-refractivity contribution in [2.24, 2.45) is 5.92 Å². The van der Waals surface area contributed by atoms with Crippen LogP contribution in [0.2, 0.25) is 0 Å². The second-order valence-electron chi connectivity index (χ2n) is 11.4. The van der Waals surface area contributed by atoms with Crippen molar-refractivity contribution in [2.45, 2.75) is 45.2 Å². The summed E-state index contributed by atoms with van der Waals surface area (Å²) in [6.45, 7) is 9.03. The van der Waals surface area contributed by atoms with Gasteiger partial charge in [-0.15, -0.1) is 0 Å². The van der Waals surface area contributed by atoms with Crippen molar-refractivity contribution in [3.8, 4) is 0 Å². The fourth-order valence-electron chi connectivity index (χ4n) is 6.54. The molecule has 1 N–H and O–H groups in total. The molecule has 1 atom stereocenters. The minimum atomic E-state index is -0.586. The van der Waals surface area contributed by atoms with Crippen LogP contribution in [0.4, 0.5) is 15.8 Å². The molecule has 2 aromatic rings. The first-order valence-electron chi connectivity index (χ1n) is 14.1. The van der Waals surface area contributed by atoms with Gasteiger partial charge in [0.2, 0.25) is 11.8 Å². The van der Waals surface area contributed by atoms with E-state index in [1.807, 2.05) is 31.2 Å². The Labute approximate surface area is 228 Å². The summed E-state index contributed by atoms with van der Waals surface area (Å²) in [4.78, 5) is 45.5. The third kappa shape index (κ3) is 5.24. The van der Waals surface area contributed by atoms with Crippen molar-refractivity contribution < 1.29 is 18.8 Å². The Morgan fingerprint density at radius 3 is 2.38 bits per heavy atom. The lowest BCUT2D eigenvalue weighted by atomic mass is 9.95. The summed E-state index contributed by atoms with van der Waals surface area (Å²) in [6, 6.07) is 10.9. The summed E-state index contributed by atoms with van der Waals surface area (Å²) >= 11 is 0. The van der Waals surface area contributed by atoms with Gasteiger partial charge in [0.1, 0.15) is 11.9 Å². The molecule has 0 saturated carbocycles. The van der Waals surface area contributed by atoms with E-state index in [0.717, 1.165) is 81.2 Å². The Morgan fingerprint density at radius 1 is 0.897 bits per heavy atom. The summed E-state index contributed by atoms with van der Waals surface area (Å²) in [7, 11) is 0. The number of piperidine rings is 2. The van der Waals surface area contributed by atoms with E-state index < -0.39 is 6.04 Å². The number of fused-ring (bicyclic) bond motifs is 1. The molecule has 4 heterocycles. The van der Waals surface area contributed by atoms with Gasteiger partial charge in [0.15, 0.2) is 0 Å². The molecule has 0 aromatic heterocycles. The lowest BCUT2D eigenvalue weighted by Crippen LogP contribution is -2.52. The minimum Gasteiger partial charge on any atom is -0.369 e. The molecule has 0 bridgehead atoms. The highest BCUT2D eigenvalue weighted by molar-refractivity contribution is 6.05. The number of nitrogens with one attached hydrogen (secondary N) is 1. The Hall–Kier alpha value is -3.46. The van der Waals surface area contributed by atoms with Gasteiger partial charge in [-0.3, -0.25) is 24.6 Å². The minimum absolute atomic E-state index is 0.121. The van der Waals surface area contributed by atoms with Gasteiger partial charge in [-0.05, 0) is 73.6 Å². The fraction of sp³-hybridized carbons (Fsp3) is 0.500. The molecule has 0 radical (unpaired) electrons. The van der Waals surface area contributed by atoms with Crippen LogP contribution in [-0.4, -0.2) is 79.4 Å². The van der Waals surface area contributed by atoms with E-state index in [9.17, 15) is 18.8 Å². The monoisotopic (exact) mass is 533 g/mol. The molecular formula is C30H36FN5O3. The van der Waals surface area contributed by atoms with E-state index in [-0.39, 0.29) is 30.0 Å². The summed E-state index contributed by atoms with van der Waals surface area (Å²) in [6.07, 6.45) is 2.80. The van der Waals surface area contributed by atoms with E-state index in [4.69, 9.17) is 0 Å². The molecule has 8 nitrogen and oxygen atoms in total. The maximum atomic E-state index is 14.4. The first kappa shape index (κ1) is 25.8. The van der Waals surface area contributed by atoms with Gasteiger partial charge in [0, 0.05) is 70.0 Å². The summed E-state index contributed by atoms with van der Waals surface area (Å²) in [5.74, 6) is -0.275. The van der Waals surface area contributed by atoms with Gasteiger partial charge in [-0.2, -0.15) is 0 Å². The van der Waals surface area contributed by atoms with Gasteiger partial charge in [0.05, 0.1) is 5.69 Å². The Morgan fingerprint density at radius 2 is 1.67 bits per heavy atom. The Balaban J connectivity index is 1.00. The highest BCUT2D eigenvalue weighted by atomic mass is 19.1. The van der Waals surface area contributed by atoms with Crippen LogP contribution in [0.25, 0.3) is 0 Å². The fourth-order valence-corrected chi connectivity index (χ4v) is 6.54. The molecule has 3 saturated heterocycles. The molecule has 39 heavy (non-hydrogen) atoms. The third-order valence-corrected chi connectivity index (χ3v) is 8.82. The topological polar surface area (TPSA) is 76.2 Å². The first-order valence-corrected chi connectivity index (χ1v) is 14.1. The number of rotatable bonds is 5. The van der Waals surface area contributed by atoms with Crippen LogP contribution in [-0.2, 0) is 16.1 Å². The lowest BCUT2D eigenvalue weighted by molar-refractivity contribution is -0.136. The number of nitrogens with zero attached hydrogens (tertiary/aromatic N) is 4. The number of benzene rings is 2. The number of halogens is 1. The highest BCUT2D eigenvalue weighted by Gasteiger charge is 2.39. The van der Waals surface area contributed by atoms with E-state index in [0.29, 0.717) is 24.4 Å². The number of aryl methyl sites for hydroxylation is 1. The van der Waals surface area contributed by atoms with Crippen molar-refractivity contribution in [1.82, 2.24) is 15.1 Å². The van der Waals surface area contributed by atoms with Gasteiger partial charge in [0.25, 0.3) is 5.91 Å². The van der Waals surface area contributed by atoms with Crippen LogP contribution in [0.3, 0.4) is 0 Å². The maximum Gasteiger partial charge on any atom is 0.255 e. The third-order valence-electron chi connectivity index (χ3n) is 8.82. The SMILES string of the molecule is Cc1ccc(N2CCC(CN3CCN(c4ccc5c(c4)CN([C@H]4CCC(=O)NC4=O)C5=O)CC3)CC2)c(F)c1. The number of carbonyl (C=O) groups excluding carboxylic acids is 3. The van der Waals surface area contributed by atoms with E-state index >= 15 is 0 Å². The summed E-state index contributed by atoms with van der Waals surface area (Å²) in [5, 5.41) is 2.36. The molecule has 3 fully saturated rings. The largest absolute Gasteiger partial charge is 0.369 e. The molecule has 206 valence electrons. The average Bonchev–Trinajstić information content (AvgIpc) is 3.25. The molecule has 3 amide bonds. The number of imide groups is 1. The zero-order valence-corrected chi connectivity index (χ0v) is 22.5. The van der Waals surface area contributed by atoms with Gasteiger partial charge < -0.3 is 14.7 Å². The van der Waals surface area contributed by atoms with Gasteiger partial charge >= 0.3 is 0 Å². The number of amides is 3. The number of hydrogen-bond donors (Lipinski definition) is 1. The Bertz CT molecular complexity index is 1280. The molecule has 4 aliphatic rings. The molecule has 0 spiro atoms. The molecule has 2 aromatic carbocycles. The highest BCUT2D eigenvalue weighted by Crippen LogP contribution is 2.31. The molecular weight excluding hydrogens is 497 g/mol. The maximum absolute atomic E-state index is 14.4. The predicted molar refractivity (Wildman–Crippen MR) is 147 cm³/mol. The van der Waals surface area contributed by atoms with E-state index in [1.54, 1.807) is 11.0 Å². The lowest BCUT2D eigenvalue weighted by Gasteiger charge is -2.40. The van der Waals surface area contributed by atoms with Crippen molar-refractivity contribution in [3.63, 3.8) is 0 Å². The van der Waals surface area contributed by atoms with Crippen molar-refractivity contribution in [3.05, 3.63) is 58.9 Å². The van der Waals surface area contributed by atoms with Crippen molar-refractivity contribution in [2.75, 3.05) is 55.6 Å². The standard InChI is InChI=1S/C30H36FN5O3/c1-20-2-5-26(25(31)16-20)35-10-8-21(9-11-35)18-33-12-14-34(15-13-33)23-3-4-24-22(17-23)19-36(30(24)39)27-6-7-28(37)32-29(27)38/h2-5,16-17,21,27H,6-15,18-19H2,1H3,(H,32,37,38)/t27-/m0/s1. The number of hydrogen-bond acceptors (Lipinski definition) is 6. The molecule has 6 rings (SSSR count). The normalized spacial score (nSPS) is 22.9. The zero-order valence-electron chi connectivity index (χ0n) is 22.5. The average molecular weight is 534 g/mol. The zero-order chi connectivity index (χ0) is 27.1. The molecule has 9 heteroatoms. The van der Waals surface area contributed by atoms with Crippen LogP contribution < -0.4 is 15.1 Å². The van der Waals surface area contributed by atoms with Crippen LogP contribution >= 0.6 is 0 Å². The Kier molecular flexibility index (Phi) is 7.01. The molecule has 0 aliphatic carbocycles. The predicted octanol–water partition coefficient (Wildman–Crippen LogP) is 2.93. The number of piperazine rings is 1.